The monoisotopic (exact) mass is 228 g/mol. The summed E-state index contributed by atoms with van der Waals surface area (Å²) in [5.74, 6) is 0.111. The van der Waals surface area contributed by atoms with E-state index in [2.05, 4.69) is 17.1 Å². The zero-order valence-electron chi connectivity index (χ0n) is 9.47. The van der Waals surface area contributed by atoms with Crippen molar-refractivity contribution >= 4 is 5.97 Å². The maximum absolute atomic E-state index is 10.2. The molecule has 0 saturated heterocycles. The van der Waals surface area contributed by atoms with E-state index in [0.717, 1.165) is 12.8 Å². The molecule has 0 aliphatic carbocycles. The van der Waals surface area contributed by atoms with Crippen LogP contribution in [0.5, 0.6) is 0 Å². The Labute approximate surface area is 93.6 Å². The smallest absolute Gasteiger partial charge is 0.329 e. The van der Waals surface area contributed by atoms with Gasteiger partial charge in [-0.1, -0.05) is 20.3 Å². The van der Waals surface area contributed by atoms with Gasteiger partial charge in [-0.05, 0) is 6.42 Å². The molecular formula is C10H16N2O4. The van der Waals surface area contributed by atoms with E-state index in [9.17, 15) is 4.79 Å². The largest absolute Gasteiger partial charge is 0.480 e. The van der Waals surface area contributed by atoms with E-state index in [4.69, 9.17) is 14.3 Å². The molecule has 0 aliphatic rings. The van der Waals surface area contributed by atoms with Crippen LogP contribution in [0.25, 0.3) is 0 Å². The zero-order chi connectivity index (χ0) is 12.0. The van der Waals surface area contributed by atoms with Crippen LogP contribution in [0.4, 0.5) is 0 Å². The number of ether oxygens (including phenoxy) is 1. The summed E-state index contributed by atoms with van der Waals surface area (Å²) in [6, 6.07) is 0. The highest BCUT2D eigenvalue weighted by Crippen LogP contribution is 2.18. The van der Waals surface area contributed by atoms with Gasteiger partial charge < -0.3 is 14.3 Å². The summed E-state index contributed by atoms with van der Waals surface area (Å²) in [6.07, 6.45) is 2.03. The van der Waals surface area contributed by atoms with Crippen LogP contribution in [-0.2, 0) is 16.1 Å². The van der Waals surface area contributed by atoms with Gasteiger partial charge in [-0.25, -0.2) is 4.79 Å². The lowest BCUT2D eigenvalue weighted by atomic mass is 10.1. The molecule has 6 heteroatoms. The Morgan fingerprint density at radius 1 is 1.56 bits per heavy atom. The Bertz CT molecular complexity index is 337. The van der Waals surface area contributed by atoms with Gasteiger partial charge in [0.25, 0.3) is 0 Å². The first-order valence-electron chi connectivity index (χ1n) is 5.25. The highest BCUT2D eigenvalue weighted by molar-refractivity contribution is 5.67. The fourth-order valence-corrected chi connectivity index (χ4v) is 1.31. The highest BCUT2D eigenvalue weighted by atomic mass is 16.5. The molecule has 1 atom stereocenters. The summed E-state index contributed by atoms with van der Waals surface area (Å²) in [7, 11) is 0. The van der Waals surface area contributed by atoms with Crippen molar-refractivity contribution in [3.63, 3.8) is 0 Å². The molecule has 1 unspecified atom stereocenters. The number of carboxylic acids is 1. The second-order valence-electron chi connectivity index (χ2n) is 3.61. The van der Waals surface area contributed by atoms with Gasteiger partial charge in [0.15, 0.2) is 0 Å². The number of hydrogen-bond acceptors (Lipinski definition) is 5. The van der Waals surface area contributed by atoms with Crippen LogP contribution in [0.1, 0.15) is 44.4 Å². The summed E-state index contributed by atoms with van der Waals surface area (Å²) in [5.41, 5.74) is 0. The van der Waals surface area contributed by atoms with Gasteiger partial charge in [0.05, 0.1) is 0 Å². The Balaban J connectivity index is 2.41. The van der Waals surface area contributed by atoms with Crippen LogP contribution in [0.3, 0.4) is 0 Å². The summed E-state index contributed by atoms with van der Waals surface area (Å²) in [4.78, 5) is 10.2. The third-order valence-electron chi connectivity index (χ3n) is 2.08. The van der Waals surface area contributed by atoms with E-state index in [1.807, 2.05) is 6.92 Å². The second-order valence-corrected chi connectivity index (χ2v) is 3.61. The van der Waals surface area contributed by atoms with Gasteiger partial charge in [0.1, 0.15) is 13.2 Å². The normalized spacial score (nSPS) is 12.6. The number of aliphatic carboxylic acids is 1. The lowest BCUT2D eigenvalue weighted by molar-refractivity contribution is -0.142. The number of hydrogen-bond donors (Lipinski definition) is 1. The van der Waals surface area contributed by atoms with Gasteiger partial charge in [0, 0.05) is 5.92 Å². The molecule has 0 radical (unpaired) electrons. The average molecular weight is 228 g/mol. The van der Waals surface area contributed by atoms with Crippen molar-refractivity contribution < 1.29 is 19.1 Å². The van der Waals surface area contributed by atoms with Crippen molar-refractivity contribution in [2.45, 2.75) is 39.2 Å². The van der Waals surface area contributed by atoms with Crippen LogP contribution < -0.4 is 0 Å². The molecule has 16 heavy (non-hydrogen) atoms. The Morgan fingerprint density at radius 3 is 2.94 bits per heavy atom. The molecule has 0 aromatic carbocycles. The predicted molar refractivity (Wildman–Crippen MR) is 54.9 cm³/mol. The lowest BCUT2D eigenvalue weighted by Gasteiger charge is -2.02. The third kappa shape index (κ3) is 3.98. The van der Waals surface area contributed by atoms with Gasteiger partial charge in [-0.15, -0.1) is 10.2 Å². The first-order valence-corrected chi connectivity index (χ1v) is 5.25. The third-order valence-corrected chi connectivity index (χ3v) is 2.08. The number of carbonyl (C=O) groups is 1. The standard InChI is InChI=1S/C10H16N2O4/c1-3-4-7(2)10-12-11-8(16-10)5-15-6-9(13)14/h7H,3-6H2,1-2H3,(H,13,14). The van der Waals surface area contributed by atoms with Crippen LogP contribution in [-0.4, -0.2) is 27.9 Å². The fraction of sp³-hybridized carbons (Fsp3) is 0.700. The molecule has 1 aromatic rings. The first kappa shape index (κ1) is 12.6. The quantitative estimate of drug-likeness (QED) is 0.762. The molecule has 1 heterocycles. The lowest BCUT2D eigenvalue weighted by Crippen LogP contribution is -2.06. The minimum absolute atomic E-state index is 0.0398. The van der Waals surface area contributed by atoms with E-state index in [-0.39, 0.29) is 19.1 Å². The molecule has 0 aliphatic heterocycles. The Kier molecular flexibility index (Phi) is 4.91. The van der Waals surface area contributed by atoms with Crippen molar-refractivity contribution in [3.8, 4) is 0 Å². The molecule has 1 rings (SSSR count). The minimum Gasteiger partial charge on any atom is -0.480 e. The first-order chi connectivity index (χ1) is 7.63. The summed E-state index contributed by atoms with van der Waals surface area (Å²) < 4.78 is 10.2. The minimum atomic E-state index is -1.01. The number of rotatable bonds is 7. The molecule has 0 amide bonds. The van der Waals surface area contributed by atoms with Crippen molar-refractivity contribution in [1.82, 2.24) is 10.2 Å². The molecule has 0 fully saturated rings. The molecule has 90 valence electrons. The number of nitrogens with zero attached hydrogens (tertiary/aromatic N) is 2. The van der Waals surface area contributed by atoms with Crippen LogP contribution in [0.2, 0.25) is 0 Å². The van der Waals surface area contributed by atoms with E-state index in [1.165, 1.54) is 0 Å². The molecule has 0 bridgehead atoms. The van der Waals surface area contributed by atoms with Crippen LogP contribution in [0.15, 0.2) is 4.42 Å². The summed E-state index contributed by atoms with van der Waals surface area (Å²) in [6.45, 7) is 3.78. The maximum atomic E-state index is 10.2. The van der Waals surface area contributed by atoms with Gasteiger partial charge in [0.2, 0.25) is 11.8 Å². The number of aromatic nitrogens is 2. The highest BCUT2D eigenvalue weighted by Gasteiger charge is 2.13. The molecular weight excluding hydrogens is 212 g/mol. The SMILES string of the molecule is CCCC(C)c1nnc(COCC(=O)O)o1. The summed E-state index contributed by atoms with van der Waals surface area (Å²) >= 11 is 0. The zero-order valence-corrected chi connectivity index (χ0v) is 9.47. The molecule has 0 spiro atoms. The van der Waals surface area contributed by atoms with E-state index < -0.39 is 5.97 Å². The van der Waals surface area contributed by atoms with Gasteiger partial charge in [-0.2, -0.15) is 0 Å². The maximum Gasteiger partial charge on any atom is 0.329 e. The van der Waals surface area contributed by atoms with Gasteiger partial charge in [-0.3, -0.25) is 0 Å². The topological polar surface area (TPSA) is 85.5 Å². The van der Waals surface area contributed by atoms with Crippen molar-refractivity contribution in [1.29, 1.82) is 0 Å². The van der Waals surface area contributed by atoms with Crippen molar-refractivity contribution in [2.24, 2.45) is 0 Å². The van der Waals surface area contributed by atoms with Gasteiger partial charge >= 0.3 is 5.97 Å². The molecule has 1 N–H and O–H groups in total. The Hall–Kier alpha value is -1.43. The molecule has 0 saturated carbocycles. The van der Waals surface area contributed by atoms with Crippen LogP contribution in [0, 0.1) is 0 Å². The Morgan fingerprint density at radius 2 is 2.31 bits per heavy atom. The molecule has 6 nitrogen and oxygen atoms in total. The van der Waals surface area contributed by atoms with E-state index in [0.29, 0.717) is 11.8 Å². The van der Waals surface area contributed by atoms with Crippen LogP contribution >= 0.6 is 0 Å². The number of carboxylic acid groups (broad SMARTS) is 1. The second kappa shape index (κ2) is 6.22. The predicted octanol–water partition coefficient (Wildman–Crippen LogP) is 1.57. The van der Waals surface area contributed by atoms with Crippen molar-refractivity contribution in [2.75, 3.05) is 6.61 Å². The fourth-order valence-electron chi connectivity index (χ4n) is 1.31. The van der Waals surface area contributed by atoms with E-state index in [1.54, 1.807) is 0 Å². The summed E-state index contributed by atoms with van der Waals surface area (Å²) in [5, 5.41) is 16.0. The molecule has 1 aromatic heterocycles. The van der Waals surface area contributed by atoms with E-state index >= 15 is 0 Å². The average Bonchev–Trinajstić information content (AvgIpc) is 2.66. The van der Waals surface area contributed by atoms with Crippen molar-refractivity contribution in [3.05, 3.63) is 11.8 Å².